The fourth-order valence-corrected chi connectivity index (χ4v) is 2.10. The molecule has 2 aromatic rings. The summed E-state index contributed by atoms with van der Waals surface area (Å²) in [4.78, 5) is 14.0. The zero-order valence-electron chi connectivity index (χ0n) is 9.93. The van der Waals surface area contributed by atoms with Gasteiger partial charge in [-0.3, -0.25) is 4.79 Å². The third-order valence-corrected chi connectivity index (χ3v) is 3.59. The van der Waals surface area contributed by atoms with E-state index in [1.165, 1.54) is 0 Å². The lowest BCUT2D eigenvalue weighted by molar-refractivity contribution is 0.0992. The Morgan fingerprint density at radius 2 is 1.78 bits per heavy atom. The van der Waals surface area contributed by atoms with E-state index in [4.69, 9.17) is 5.73 Å². The number of nitrogen functional groups attached to an aromatic ring is 1. The number of hydrogen-bond acceptors (Lipinski definition) is 2. The van der Waals surface area contributed by atoms with Crippen molar-refractivity contribution in [2.24, 2.45) is 0 Å². The maximum Gasteiger partial charge on any atom is 0.259 e. The highest BCUT2D eigenvalue weighted by Crippen LogP contribution is 2.26. The van der Waals surface area contributed by atoms with E-state index >= 15 is 0 Å². The van der Waals surface area contributed by atoms with Gasteiger partial charge in [-0.15, -0.1) is 0 Å². The minimum atomic E-state index is -0.0969. The summed E-state index contributed by atoms with van der Waals surface area (Å²) >= 11 is 3.35. The lowest BCUT2D eigenvalue weighted by Crippen LogP contribution is -2.26. The Kier molecular flexibility index (Phi) is 3.67. The maximum absolute atomic E-state index is 12.4. The Balaban J connectivity index is 2.35. The third kappa shape index (κ3) is 2.38. The molecule has 0 heterocycles. The van der Waals surface area contributed by atoms with Gasteiger partial charge in [-0.25, -0.2) is 0 Å². The monoisotopic (exact) mass is 304 g/mol. The number of carbonyl (C=O) groups is 1. The lowest BCUT2D eigenvalue weighted by atomic mass is 10.1. The molecule has 0 saturated heterocycles. The summed E-state index contributed by atoms with van der Waals surface area (Å²) in [6.45, 7) is 0. The molecule has 0 radical (unpaired) electrons. The van der Waals surface area contributed by atoms with Gasteiger partial charge in [0.1, 0.15) is 0 Å². The quantitative estimate of drug-likeness (QED) is 0.865. The second kappa shape index (κ2) is 5.23. The number of hydrogen-bond donors (Lipinski definition) is 1. The van der Waals surface area contributed by atoms with Gasteiger partial charge in [0.05, 0.1) is 10.0 Å². The van der Waals surface area contributed by atoms with Gasteiger partial charge in [0, 0.05) is 18.4 Å². The molecular formula is C14H13BrN2O. The summed E-state index contributed by atoms with van der Waals surface area (Å²) in [5, 5.41) is 0. The zero-order chi connectivity index (χ0) is 13.1. The molecule has 0 saturated carbocycles. The standard InChI is InChI=1S/C14H13BrN2O/c1-17(10-6-3-2-4-7-10)14(18)11-8-5-9-12(16)13(11)15/h2-9H,16H2,1H3. The normalized spacial score (nSPS) is 10.1. The molecular weight excluding hydrogens is 292 g/mol. The third-order valence-electron chi connectivity index (χ3n) is 2.71. The molecule has 0 aromatic heterocycles. The van der Waals surface area contributed by atoms with E-state index in [0.29, 0.717) is 15.7 Å². The predicted molar refractivity (Wildman–Crippen MR) is 77.7 cm³/mol. The van der Waals surface area contributed by atoms with Crippen LogP contribution in [0.3, 0.4) is 0 Å². The first-order valence-electron chi connectivity index (χ1n) is 5.48. The second-order valence-electron chi connectivity index (χ2n) is 3.91. The molecule has 0 aliphatic heterocycles. The molecule has 0 bridgehead atoms. The van der Waals surface area contributed by atoms with Crippen LogP contribution in [-0.4, -0.2) is 13.0 Å². The van der Waals surface area contributed by atoms with Crippen LogP contribution >= 0.6 is 15.9 Å². The first-order valence-corrected chi connectivity index (χ1v) is 6.27. The summed E-state index contributed by atoms with van der Waals surface area (Å²) in [5.41, 5.74) is 7.74. The first-order chi connectivity index (χ1) is 8.61. The molecule has 0 aliphatic carbocycles. The fraction of sp³-hybridized carbons (Fsp3) is 0.0714. The molecule has 2 rings (SSSR count). The number of rotatable bonds is 2. The van der Waals surface area contributed by atoms with Crippen molar-refractivity contribution in [1.29, 1.82) is 0 Å². The predicted octanol–water partition coefficient (Wildman–Crippen LogP) is 3.31. The van der Waals surface area contributed by atoms with E-state index in [9.17, 15) is 4.79 Å². The molecule has 2 aromatic carbocycles. The first kappa shape index (κ1) is 12.6. The summed E-state index contributed by atoms with van der Waals surface area (Å²) in [7, 11) is 1.74. The van der Waals surface area contributed by atoms with Gasteiger partial charge >= 0.3 is 0 Å². The van der Waals surface area contributed by atoms with Crippen LogP contribution in [0.5, 0.6) is 0 Å². The summed E-state index contributed by atoms with van der Waals surface area (Å²) in [6.07, 6.45) is 0. The van der Waals surface area contributed by atoms with Gasteiger partial charge in [-0.1, -0.05) is 24.3 Å². The molecule has 0 aliphatic rings. The van der Waals surface area contributed by atoms with Gasteiger partial charge in [0.15, 0.2) is 0 Å². The molecule has 0 spiro atoms. The van der Waals surface area contributed by atoms with Crippen molar-refractivity contribution in [3.8, 4) is 0 Å². The largest absolute Gasteiger partial charge is 0.398 e. The summed E-state index contributed by atoms with van der Waals surface area (Å²) in [5.74, 6) is -0.0969. The highest BCUT2D eigenvalue weighted by Gasteiger charge is 2.16. The topological polar surface area (TPSA) is 46.3 Å². The van der Waals surface area contributed by atoms with Crippen molar-refractivity contribution < 1.29 is 4.79 Å². The smallest absolute Gasteiger partial charge is 0.259 e. The molecule has 0 unspecified atom stereocenters. The van der Waals surface area contributed by atoms with Crippen LogP contribution < -0.4 is 10.6 Å². The molecule has 1 amide bonds. The van der Waals surface area contributed by atoms with Gasteiger partial charge in [0.25, 0.3) is 5.91 Å². The van der Waals surface area contributed by atoms with Crippen molar-refractivity contribution in [2.45, 2.75) is 0 Å². The Hall–Kier alpha value is -1.81. The number of benzene rings is 2. The summed E-state index contributed by atoms with van der Waals surface area (Å²) in [6, 6.07) is 14.8. The van der Waals surface area contributed by atoms with Crippen molar-refractivity contribution in [2.75, 3.05) is 17.7 Å². The zero-order valence-corrected chi connectivity index (χ0v) is 11.5. The number of para-hydroxylation sites is 1. The number of nitrogens with two attached hydrogens (primary N) is 1. The van der Waals surface area contributed by atoms with Crippen molar-refractivity contribution in [3.63, 3.8) is 0 Å². The van der Waals surface area contributed by atoms with E-state index in [-0.39, 0.29) is 5.91 Å². The highest BCUT2D eigenvalue weighted by atomic mass is 79.9. The average molecular weight is 305 g/mol. The lowest BCUT2D eigenvalue weighted by Gasteiger charge is -2.18. The van der Waals surface area contributed by atoms with Crippen LogP contribution in [0, 0.1) is 0 Å². The van der Waals surface area contributed by atoms with Gasteiger partial charge in [-0.05, 0) is 40.2 Å². The molecule has 92 valence electrons. The average Bonchev–Trinajstić information content (AvgIpc) is 2.41. The molecule has 18 heavy (non-hydrogen) atoms. The molecule has 0 fully saturated rings. The number of nitrogens with zero attached hydrogens (tertiary/aromatic N) is 1. The van der Waals surface area contributed by atoms with Crippen LogP contribution in [0.15, 0.2) is 53.0 Å². The SMILES string of the molecule is CN(C(=O)c1cccc(N)c1Br)c1ccccc1. The van der Waals surface area contributed by atoms with Crippen LogP contribution in [0.25, 0.3) is 0 Å². The van der Waals surface area contributed by atoms with Gasteiger partial charge in [0.2, 0.25) is 0 Å². The molecule has 2 N–H and O–H groups in total. The number of carbonyl (C=O) groups excluding carboxylic acids is 1. The molecule has 0 atom stereocenters. The number of anilines is 2. The number of amides is 1. The van der Waals surface area contributed by atoms with E-state index in [1.54, 1.807) is 30.1 Å². The Morgan fingerprint density at radius 3 is 2.44 bits per heavy atom. The van der Waals surface area contributed by atoms with Crippen LogP contribution in [0.2, 0.25) is 0 Å². The second-order valence-corrected chi connectivity index (χ2v) is 4.70. The molecule has 3 nitrogen and oxygen atoms in total. The minimum Gasteiger partial charge on any atom is -0.398 e. The number of halogens is 1. The van der Waals surface area contributed by atoms with E-state index in [2.05, 4.69) is 15.9 Å². The van der Waals surface area contributed by atoms with Gasteiger partial charge in [-0.2, -0.15) is 0 Å². The van der Waals surface area contributed by atoms with Crippen LogP contribution in [0.1, 0.15) is 10.4 Å². The van der Waals surface area contributed by atoms with Crippen molar-refractivity contribution >= 4 is 33.2 Å². The Bertz CT molecular complexity index is 569. The van der Waals surface area contributed by atoms with Gasteiger partial charge < -0.3 is 10.6 Å². The van der Waals surface area contributed by atoms with E-state index in [0.717, 1.165) is 5.69 Å². The van der Waals surface area contributed by atoms with Crippen LogP contribution in [0.4, 0.5) is 11.4 Å². The maximum atomic E-state index is 12.4. The van der Waals surface area contributed by atoms with Crippen LogP contribution in [-0.2, 0) is 0 Å². The fourth-order valence-electron chi connectivity index (χ4n) is 1.66. The highest BCUT2D eigenvalue weighted by molar-refractivity contribution is 9.10. The van der Waals surface area contributed by atoms with Crippen molar-refractivity contribution in [1.82, 2.24) is 0 Å². The van der Waals surface area contributed by atoms with E-state index in [1.807, 2.05) is 30.3 Å². The van der Waals surface area contributed by atoms with Crippen molar-refractivity contribution in [3.05, 3.63) is 58.6 Å². The molecule has 4 heteroatoms. The summed E-state index contributed by atoms with van der Waals surface area (Å²) < 4.78 is 0.637. The van der Waals surface area contributed by atoms with E-state index < -0.39 is 0 Å². The Labute approximate surface area is 114 Å². The Morgan fingerprint density at radius 1 is 1.11 bits per heavy atom. The minimum absolute atomic E-state index is 0.0969.